The highest BCUT2D eigenvalue weighted by molar-refractivity contribution is 7.98. The quantitative estimate of drug-likeness (QED) is 0.229. The first kappa shape index (κ1) is 23.2. The normalized spacial score (nSPS) is 11.3. The molecule has 1 amide bonds. The molecule has 8 nitrogen and oxygen atoms in total. The fourth-order valence-corrected chi connectivity index (χ4v) is 3.62. The third kappa shape index (κ3) is 5.86. The van der Waals surface area contributed by atoms with Gasteiger partial charge in [0.1, 0.15) is 11.6 Å². The van der Waals surface area contributed by atoms with E-state index in [-0.39, 0.29) is 11.4 Å². The smallest absolute Gasteiger partial charge is 0.406 e. The Balaban J connectivity index is 1.63. The van der Waals surface area contributed by atoms with Crippen LogP contribution in [0.25, 0.3) is 5.69 Å². The van der Waals surface area contributed by atoms with E-state index >= 15 is 0 Å². The van der Waals surface area contributed by atoms with Gasteiger partial charge in [-0.3, -0.25) is 4.79 Å². The Kier molecular flexibility index (Phi) is 6.72. The molecule has 1 N–H and O–H groups in total. The molecule has 34 heavy (non-hydrogen) atoms. The lowest BCUT2D eigenvalue weighted by Crippen LogP contribution is -2.17. The molecule has 0 atom stereocenters. The largest absolute Gasteiger partial charge is 0.573 e. The summed E-state index contributed by atoms with van der Waals surface area (Å²) in [6.07, 6.45) is -1.70. The minimum atomic E-state index is -4.82. The van der Waals surface area contributed by atoms with Crippen molar-refractivity contribution in [3.63, 3.8) is 0 Å². The molecule has 0 radical (unpaired) electrons. The van der Waals surface area contributed by atoms with Gasteiger partial charge in [-0.2, -0.15) is 0 Å². The molecular formula is C21H14F4N6O2S. The average molecular weight is 490 g/mol. The number of anilines is 1. The number of thioether (sulfide) groups is 1. The van der Waals surface area contributed by atoms with Gasteiger partial charge in [0.25, 0.3) is 5.91 Å². The number of nitrogens with zero attached hydrogens (tertiary/aromatic N) is 5. The van der Waals surface area contributed by atoms with Gasteiger partial charge in [0, 0.05) is 23.8 Å². The Morgan fingerprint density at radius 3 is 2.35 bits per heavy atom. The molecule has 2 aromatic carbocycles. The van der Waals surface area contributed by atoms with Crippen molar-refractivity contribution < 1.29 is 27.1 Å². The summed E-state index contributed by atoms with van der Waals surface area (Å²) in [6.45, 7) is 0. The molecule has 4 aromatic rings. The summed E-state index contributed by atoms with van der Waals surface area (Å²) >= 11 is 1.21. The molecule has 2 aromatic heterocycles. The average Bonchev–Trinajstić information content (AvgIpc) is 3.23. The summed E-state index contributed by atoms with van der Waals surface area (Å²) in [7, 11) is 0. The first-order chi connectivity index (χ1) is 16.3. The number of alkyl halides is 3. The van der Waals surface area contributed by atoms with Gasteiger partial charge in [0.2, 0.25) is 0 Å². The molecule has 0 aliphatic rings. The number of carbonyl (C=O) groups is 1. The number of hydrogen-bond donors (Lipinski definition) is 1. The van der Waals surface area contributed by atoms with Gasteiger partial charge in [0.05, 0.1) is 11.4 Å². The lowest BCUT2D eigenvalue weighted by Gasteiger charge is -2.11. The van der Waals surface area contributed by atoms with Crippen LogP contribution in [-0.2, 0) is 5.75 Å². The minimum Gasteiger partial charge on any atom is -0.406 e. The van der Waals surface area contributed by atoms with Crippen LogP contribution in [0.2, 0.25) is 0 Å². The fourth-order valence-electron chi connectivity index (χ4n) is 2.82. The van der Waals surface area contributed by atoms with Crippen LogP contribution in [0.5, 0.6) is 5.75 Å². The molecule has 0 aliphatic carbocycles. The number of amides is 1. The predicted molar refractivity (Wildman–Crippen MR) is 114 cm³/mol. The van der Waals surface area contributed by atoms with Crippen molar-refractivity contribution in [2.45, 2.75) is 17.3 Å². The number of rotatable bonds is 7. The molecule has 13 heteroatoms. The summed E-state index contributed by atoms with van der Waals surface area (Å²) in [5, 5.41) is 11.0. The Morgan fingerprint density at radius 2 is 1.71 bits per heavy atom. The third-order valence-corrected chi connectivity index (χ3v) is 5.16. The van der Waals surface area contributed by atoms with E-state index in [9.17, 15) is 22.4 Å². The number of benzene rings is 2. The van der Waals surface area contributed by atoms with E-state index in [0.717, 1.165) is 12.1 Å². The van der Waals surface area contributed by atoms with Gasteiger partial charge >= 0.3 is 6.36 Å². The van der Waals surface area contributed by atoms with Crippen molar-refractivity contribution in [3.05, 3.63) is 84.2 Å². The van der Waals surface area contributed by atoms with Crippen LogP contribution >= 0.6 is 11.8 Å². The first-order valence-electron chi connectivity index (χ1n) is 9.56. The van der Waals surface area contributed by atoms with Gasteiger partial charge in [-0.15, -0.1) is 18.3 Å². The van der Waals surface area contributed by atoms with Crippen molar-refractivity contribution in [3.8, 4) is 11.4 Å². The SMILES string of the molecule is O=C(Nc1ccc(F)cc1)c1nnn(-c2ccc(OC(F)(F)F)cc2)c1CSc1ncccn1. The number of aromatic nitrogens is 5. The van der Waals surface area contributed by atoms with Crippen LogP contribution in [0.1, 0.15) is 16.2 Å². The molecule has 0 spiro atoms. The molecule has 174 valence electrons. The van der Waals surface area contributed by atoms with Gasteiger partial charge in [-0.25, -0.2) is 19.0 Å². The maximum absolute atomic E-state index is 13.2. The second-order valence-corrected chi connectivity index (χ2v) is 7.56. The fraction of sp³-hybridized carbons (Fsp3) is 0.0952. The number of ether oxygens (including phenoxy) is 1. The van der Waals surface area contributed by atoms with E-state index in [2.05, 4.69) is 30.3 Å². The zero-order chi connectivity index (χ0) is 24.1. The highest BCUT2D eigenvalue weighted by atomic mass is 32.2. The second-order valence-electron chi connectivity index (χ2n) is 6.62. The highest BCUT2D eigenvalue weighted by Gasteiger charge is 2.31. The Hall–Kier alpha value is -4.00. The van der Waals surface area contributed by atoms with Gasteiger partial charge in [0.15, 0.2) is 10.9 Å². The van der Waals surface area contributed by atoms with E-state index in [1.54, 1.807) is 18.5 Å². The minimum absolute atomic E-state index is 0.0247. The summed E-state index contributed by atoms with van der Waals surface area (Å²) in [4.78, 5) is 21.1. The molecule has 4 rings (SSSR count). The zero-order valence-electron chi connectivity index (χ0n) is 17.0. The highest BCUT2D eigenvalue weighted by Crippen LogP contribution is 2.26. The van der Waals surface area contributed by atoms with E-state index < -0.39 is 23.8 Å². The van der Waals surface area contributed by atoms with E-state index in [0.29, 0.717) is 22.2 Å². The van der Waals surface area contributed by atoms with E-state index in [1.165, 1.54) is 52.8 Å². The molecule has 0 aliphatic heterocycles. The Morgan fingerprint density at radius 1 is 1.03 bits per heavy atom. The molecule has 0 saturated heterocycles. The summed E-state index contributed by atoms with van der Waals surface area (Å²) in [5.41, 5.74) is 1.02. The molecule has 0 fully saturated rings. The summed E-state index contributed by atoms with van der Waals surface area (Å²) < 4.78 is 55.7. The number of carbonyl (C=O) groups excluding carboxylic acids is 1. The van der Waals surface area contributed by atoms with Gasteiger partial charge in [-0.05, 0) is 54.6 Å². The summed E-state index contributed by atoms with van der Waals surface area (Å²) in [5.74, 6) is -1.29. The van der Waals surface area contributed by atoms with Crippen LogP contribution in [0.15, 0.2) is 72.1 Å². The molecule has 0 unspecified atom stereocenters. The number of hydrogen-bond acceptors (Lipinski definition) is 7. The van der Waals surface area contributed by atoms with Crippen LogP contribution in [0.3, 0.4) is 0 Å². The van der Waals surface area contributed by atoms with Crippen LogP contribution in [0.4, 0.5) is 23.2 Å². The molecule has 0 saturated carbocycles. The van der Waals surface area contributed by atoms with Gasteiger partial charge in [-0.1, -0.05) is 17.0 Å². The lowest BCUT2D eigenvalue weighted by molar-refractivity contribution is -0.274. The van der Waals surface area contributed by atoms with E-state index in [1.807, 2.05) is 0 Å². The van der Waals surface area contributed by atoms with Crippen LogP contribution in [0, 0.1) is 5.82 Å². The predicted octanol–water partition coefficient (Wildman–Crippen LogP) is 4.64. The molecule has 2 heterocycles. The van der Waals surface area contributed by atoms with Crippen molar-refractivity contribution in [2.75, 3.05) is 5.32 Å². The second kappa shape index (κ2) is 9.87. The summed E-state index contributed by atoms with van der Waals surface area (Å²) in [6, 6.07) is 11.8. The molecule has 0 bridgehead atoms. The maximum Gasteiger partial charge on any atom is 0.573 e. The number of nitrogens with one attached hydrogen (secondary N) is 1. The third-order valence-electron chi connectivity index (χ3n) is 4.28. The van der Waals surface area contributed by atoms with Crippen molar-refractivity contribution in [1.82, 2.24) is 25.0 Å². The van der Waals surface area contributed by atoms with Gasteiger partial charge < -0.3 is 10.1 Å². The Bertz CT molecular complexity index is 1270. The first-order valence-corrected chi connectivity index (χ1v) is 10.5. The topological polar surface area (TPSA) is 94.8 Å². The lowest BCUT2D eigenvalue weighted by atomic mass is 10.2. The zero-order valence-corrected chi connectivity index (χ0v) is 17.8. The maximum atomic E-state index is 13.2. The monoisotopic (exact) mass is 490 g/mol. The number of halogens is 4. The van der Waals surface area contributed by atoms with Crippen molar-refractivity contribution >= 4 is 23.4 Å². The van der Waals surface area contributed by atoms with Crippen molar-refractivity contribution in [2.24, 2.45) is 0 Å². The van der Waals surface area contributed by atoms with Crippen molar-refractivity contribution in [1.29, 1.82) is 0 Å². The van der Waals surface area contributed by atoms with E-state index in [4.69, 9.17) is 0 Å². The Labute approximate surface area is 194 Å². The molecular weight excluding hydrogens is 476 g/mol. The van der Waals surface area contributed by atoms with Crippen LogP contribution < -0.4 is 10.1 Å². The van der Waals surface area contributed by atoms with Crippen LogP contribution in [-0.4, -0.2) is 37.2 Å². The standard InChI is InChI=1S/C21H14F4N6O2S/c22-13-2-4-14(5-3-13)28-19(32)18-17(12-34-20-26-10-1-11-27-20)31(30-29-18)15-6-8-16(9-7-15)33-21(23,24)25/h1-11H,12H2,(H,28,32).